The highest BCUT2D eigenvalue weighted by atomic mass is 127. The summed E-state index contributed by atoms with van der Waals surface area (Å²) >= 11 is 1.68. The molecule has 0 aliphatic heterocycles. The van der Waals surface area contributed by atoms with Gasteiger partial charge in [-0.3, -0.25) is 0 Å². The van der Waals surface area contributed by atoms with E-state index in [0.717, 1.165) is 42.8 Å². The van der Waals surface area contributed by atoms with Crippen LogP contribution in [-0.4, -0.2) is 37.2 Å². The van der Waals surface area contributed by atoms with Crippen LogP contribution < -0.4 is 10.6 Å². The van der Waals surface area contributed by atoms with Gasteiger partial charge in [-0.1, -0.05) is 34.6 Å². The number of aromatic nitrogens is 1. The molecule has 0 unspecified atom stereocenters. The van der Waals surface area contributed by atoms with E-state index in [4.69, 9.17) is 4.74 Å². The Bertz CT molecular complexity index is 498. The summed E-state index contributed by atoms with van der Waals surface area (Å²) in [6.45, 7) is 16.7. The Labute approximate surface area is 174 Å². The van der Waals surface area contributed by atoms with Gasteiger partial charge >= 0.3 is 0 Å². The maximum Gasteiger partial charge on any atom is 0.191 e. The van der Waals surface area contributed by atoms with Gasteiger partial charge in [0.1, 0.15) is 5.01 Å². The van der Waals surface area contributed by atoms with Crippen LogP contribution in [-0.2, 0) is 16.7 Å². The highest BCUT2D eigenvalue weighted by Crippen LogP contribution is 2.24. The fraction of sp³-hybridized carbons (Fsp3) is 0.778. The molecule has 0 aromatic carbocycles. The van der Waals surface area contributed by atoms with Crippen molar-refractivity contribution in [3.8, 4) is 0 Å². The van der Waals surface area contributed by atoms with Gasteiger partial charge < -0.3 is 15.4 Å². The lowest BCUT2D eigenvalue weighted by Gasteiger charge is -2.14. The molecule has 1 heterocycles. The van der Waals surface area contributed by atoms with Crippen molar-refractivity contribution < 1.29 is 4.74 Å². The average molecular weight is 482 g/mol. The zero-order valence-electron chi connectivity index (χ0n) is 16.5. The minimum absolute atomic E-state index is 0. The summed E-state index contributed by atoms with van der Waals surface area (Å²) in [5, 5.41) is 9.75. The van der Waals surface area contributed by atoms with Gasteiger partial charge in [0.25, 0.3) is 0 Å². The van der Waals surface area contributed by atoms with Crippen LogP contribution >= 0.6 is 35.3 Å². The molecule has 1 rings (SSSR count). The van der Waals surface area contributed by atoms with Crippen molar-refractivity contribution in [2.75, 3.05) is 26.3 Å². The summed E-state index contributed by atoms with van der Waals surface area (Å²) in [5.41, 5.74) is 1.23. The molecule has 25 heavy (non-hydrogen) atoms. The Morgan fingerprint density at radius 3 is 2.56 bits per heavy atom. The first-order valence-corrected chi connectivity index (χ1v) is 9.75. The van der Waals surface area contributed by atoms with E-state index in [-0.39, 0.29) is 29.4 Å². The van der Waals surface area contributed by atoms with Crippen molar-refractivity contribution in [3.05, 3.63) is 16.1 Å². The molecule has 0 saturated heterocycles. The number of halogens is 1. The second-order valence-electron chi connectivity index (χ2n) is 7.29. The summed E-state index contributed by atoms with van der Waals surface area (Å²) in [6, 6.07) is 0. The number of nitrogens with zero attached hydrogens (tertiary/aromatic N) is 2. The molecule has 0 radical (unpaired) electrons. The molecule has 7 heteroatoms. The Morgan fingerprint density at radius 1 is 1.28 bits per heavy atom. The number of ether oxygens (including phenoxy) is 1. The Morgan fingerprint density at radius 2 is 2.00 bits per heavy atom. The van der Waals surface area contributed by atoms with Crippen LogP contribution in [0.4, 0.5) is 0 Å². The SMILES string of the molecule is CCNC(=NCc1nc(C(C)(C)C)cs1)NCCOCCC(C)C.I. The highest BCUT2D eigenvalue weighted by Gasteiger charge is 2.17. The Balaban J connectivity index is 0.00000576. The van der Waals surface area contributed by atoms with Gasteiger partial charge in [-0.15, -0.1) is 35.3 Å². The molecule has 5 nitrogen and oxygen atoms in total. The third-order valence-electron chi connectivity index (χ3n) is 3.42. The predicted molar refractivity (Wildman–Crippen MR) is 119 cm³/mol. The topological polar surface area (TPSA) is 58.5 Å². The van der Waals surface area contributed by atoms with Crippen LogP contribution in [0.1, 0.15) is 58.7 Å². The summed E-state index contributed by atoms with van der Waals surface area (Å²) in [6.07, 6.45) is 1.11. The van der Waals surface area contributed by atoms with Crippen molar-refractivity contribution >= 4 is 41.3 Å². The number of guanidine groups is 1. The molecule has 0 saturated carbocycles. The molecule has 0 fully saturated rings. The zero-order chi connectivity index (χ0) is 18.0. The molecule has 1 aromatic rings. The van der Waals surface area contributed by atoms with Crippen LogP contribution in [0.3, 0.4) is 0 Å². The molecular weight excluding hydrogens is 447 g/mol. The van der Waals surface area contributed by atoms with E-state index in [1.807, 2.05) is 0 Å². The number of hydrogen-bond donors (Lipinski definition) is 2. The largest absolute Gasteiger partial charge is 0.380 e. The normalized spacial score (nSPS) is 12.2. The lowest BCUT2D eigenvalue weighted by atomic mass is 9.93. The number of hydrogen-bond acceptors (Lipinski definition) is 4. The first kappa shape index (κ1) is 24.6. The van der Waals surface area contributed by atoms with Gasteiger partial charge in [-0.05, 0) is 19.3 Å². The third-order valence-corrected chi connectivity index (χ3v) is 4.25. The maximum absolute atomic E-state index is 5.62. The van der Waals surface area contributed by atoms with E-state index in [0.29, 0.717) is 19.1 Å². The third kappa shape index (κ3) is 11.0. The Kier molecular flexibility index (Phi) is 12.7. The Hall–Kier alpha value is -0.410. The molecule has 0 amide bonds. The van der Waals surface area contributed by atoms with Crippen LogP contribution in [0, 0.1) is 5.92 Å². The number of nitrogens with one attached hydrogen (secondary N) is 2. The average Bonchev–Trinajstić information content (AvgIpc) is 2.97. The predicted octanol–water partition coefficient (Wildman–Crippen LogP) is 4.18. The van der Waals surface area contributed by atoms with Crippen LogP contribution in [0.5, 0.6) is 0 Å². The molecule has 0 aliphatic carbocycles. The van der Waals surface area contributed by atoms with E-state index in [2.05, 4.69) is 67.5 Å². The molecule has 1 aromatic heterocycles. The number of thiazole rings is 1. The molecule has 0 atom stereocenters. The molecule has 2 N–H and O–H groups in total. The molecule has 0 spiro atoms. The van der Waals surface area contributed by atoms with Crippen LogP contribution in [0.15, 0.2) is 10.4 Å². The summed E-state index contributed by atoms with van der Waals surface area (Å²) in [4.78, 5) is 9.29. The lowest BCUT2D eigenvalue weighted by Crippen LogP contribution is -2.39. The van der Waals surface area contributed by atoms with E-state index in [1.54, 1.807) is 11.3 Å². The van der Waals surface area contributed by atoms with Crippen molar-refractivity contribution in [3.63, 3.8) is 0 Å². The van der Waals surface area contributed by atoms with Gasteiger partial charge in [-0.25, -0.2) is 9.98 Å². The second-order valence-corrected chi connectivity index (χ2v) is 8.24. The fourth-order valence-electron chi connectivity index (χ4n) is 1.88. The minimum Gasteiger partial charge on any atom is -0.380 e. The fourth-order valence-corrected chi connectivity index (χ4v) is 2.82. The van der Waals surface area contributed by atoms with E-state index < -0.39 is 0 Å². The molecule has 146 valence electrons. The molecule has 0 bridgehead atoms. The number of rotatable bonds is 9. The molecule has 0 aliphatic rings. The first-order chi connectivity index (χ1) is 11.3. The van der Waals surface area contributed by atoms with Gasteiger partial charge in [0.2, 0.25) is 0 Å². The van der Waals surface area contributed by atoms with Crippen molar-refractivity contribution in [2.45, 2.75) is 59.9 Å². The first-order valence-electron chi connectivity index (χ1n) is 8.87. The standard InChI is InChI=1S/C18H34N4OS.HI/c1-7-19-17(20-9-11-23-10-8-14(2)3)21-12-16-22-15(13-24-16)18(4,5)6;/h13-14H,7-12H2,1-6H3,(H2,19,20,21);1H. The van der Waals surface area contributed by atoms with Gasteiger partial charge in [-0.2, -0.15) is 0 Å². The van der Waals surface area contributed by atoms with Gasteiger partial charge in [0.05, 0.1) is 18.8 Å². The van der Waals surface area contributed by atoms with Crippen LogP contribution in [0.25, 0.3) is 0 Å². The van der Waals surface area contributed by atoms with Crippen molar-refractivity contribution in [2.24, 2.45) is 10.9 Å². The van der Waals surface area contributed by atoms with Crippen molar-refractivity contribution in [1.29, 1.82) is 0 Å². The monoisotopic (exact) mass is 482 g/mol. The van der Waals surface area contributed by atoms with Gasteiger partial charge in [0.15, 0.2) is 5.96 Å². The number of aliphatic imine (C=N–C) groups is 1. The van der Waals surface area contributed by atoms with E-state index in [9.17, 15) is 0 Å². The van der Waals surface area contributed by atoms with E-state index in [1.165, 1.54) is 0 Å². The zero-order valence-corrected chi connectivity index (χ0v) is 19.7. The van der Waals surface area contributed by atoms with E-state index >= 15 is 0 Å². The maximum atomic E-state index is 5.62. The smallest absolute Gasteiger partial charge is 0.191 e. The van der Waals surface area contributed by atoms with Crippen LogP contribution in [0.2, 0.25) is 0 Å². The summed E-state index contributed by atoms with van der Waals surface area (Å²) < 4.78 is 5.62. The second kappa shape index (κ2) is 12.9. The minimum atomic E-state index is 0. The quantitative estimate of drug-likeness (QED) is 0.240. The summed E-state index contributed by atoms with van der Waals surface area (Å²) in [7, 11) is 0. The van der Waals surface area contributed by atoms with Gasteiger partial charge in [0, 0.05) is 30.5 Å². The summed E-state index contributed by atoms with van der Waals surface area (Å²) in [5.74, 6) is 1.51. The molecular formula is C18H35IN4OS. The lowest BCUT2D eigenvalue weighted by molar-refractivity contribution is 0.128. The highest BCUT2D eigenvalue weighted by molar-refractivity contribution is 14.0. The van der Waals surface area contributed by atoms with Crippen molar-refractivity contribution in [1.82, 2.24) is 15.6 Å².